The van der Waals surface area contributed by atoms with E-state index in [2.05, 4.69) is 15.9 Å². The zero-order chi connectivity index (χ0) is 16.8. The van der Waals surface area contributed by atoms with Gasteiger partial charge in [0.2, 0.25) is 11.8 Å². The Kier molecular flexibility index (Phi) is 3.53. The van der Waals surface area contributed by atoms with E-state index in [-0.39, 0.29) is 18.2 Å². The fourth-order valence-electron chi connectivity index (χ4n) is 3.39. The van der Waals surface area contributed by atoms with Crippen LogP contribution in [-0.4, -0.2) is 16.4 Å². The summed E-state index contributed by atoms with van der Waals surface area (Å²) in [5.74, 6) is -0.730. The van der Waals surface area contributed by atoms with Crippen LogP contribution in [0.25, 0.3) is 10.9 Å². The van der Waals surface area contributed by atoms with Gasteiger partial charge in [-0.15, -0.1) is 0 Å². The van der Waals surface area contributed by atoms with E-state index in [0.717, 1.165) is 20.9 Å². The van der Waals surface area contributed by atoms with Crippen molar-refractivity contribution < 1.29 is 9.59 Å². The van der Waals surface area contributed by atoms with Gasteiger partial charge in [-0.2, -0.15) is 0 Å². The summed E-state index contributed by atoms with van der Waals surface area (Å²) in [6.07, 6.45) is 2.18. The van der Waals surface area contributed by atoms with Gasteiger partial charge in [0.05, 0.1) is 11.6 Å². The van der Waals surface area contributed by atoms with Gasteiger partial charge in [0.25, 0.3) is 0 Å². The molecule has 0 radical (unpaired) electrons. The summed E-state index contributed by atoms with van der Waals surface area (Å²) in [6.45, 7) is 0. The minimum atomic E-state index is -0.424. The van der Waals surface area contributed by atoms with Gasteiger partial charge in [0, 0.05) is 35.0 Å². The fraction of sp³-hybridized carbons (Fsp3) is 0.158. The second kappa shape index (κ2) is 5.60. The molecule has 0 bridgehead atoms. The second-order valence-corrected chi connectivity index (χ2v) is 6.93. The number of amides is 2. The van der Waals surface area contributed by atoms with Crippen LogP contribution in [-0.2, 0) is 16.6 Å². The summed E-state index contributed by atoms with van der Waals surface area (Å²) in [5, 5.41) is 1.03. The molecule has 1 saturated heterocycles. The van der Waals surface area contributed by atoms with Crippen LogP contribution < -0.4 is 4.90 Å². The van der Waals surface area contributed by atoms with Crippen LogP contribution in [0.2, 0.25) is 0 Å². The van der Waals surface area contributed by atoms with E-state index in [1.54, 1.807) is 12.1 Å². The average Bonchev–Trinajstić information content (AvgIpc) is 3.06. The first-order valence-corrected chi connectivity index (χ1v) is 8.52. The summed E-state index contributed by atoms with van der Waals surface area (Å²) in [5.41, 5.74) is 2.61. The number of hydrogen-bond acceptors (Lipinski definition) is 2. The minimum absolute atomic E-state index is 0.153. The van der Waals surface area contributed by atoms with E-state index < -0.39 is 5.92 Å². The van der Waals surface area contributed by atoms with Crippen LogP contribution in [0, 0.1) is 0 Å². The third-order valence-electron chi connectivity index (χ3n) is 4.53. The van der Waals surface area contributed by atoms with Crippen molar-refractivity contribution in [3.63, 3.8) is 0 Å². The van der Waals surface area contributed by atoms with Crippen LogP contribution in [0.1, 0.15) is 17.9 Å². The van der Waals surface area contributed by atoms with Gasteiger partial charge in [0.1, 0.15) is 0 Å². The van der Waals surface area contributed by atoms with Crippen molar-refractivity contribution in [2.45, 2.75) is 12.3 Å². The Balaban J connectivity index is 1.76. The van der Waals surface area contributed by atoms with E-state index in [4.69, 9.17) is 0 Å². The van der Waals surface area contributed by atoms with Gasteiger partial charge >= 0.3 is 0 Å². The largest absolute Gasteiger partial charge is 0.350 e. The molecule has 24 heavy (non-hydrogen) atoms. The molecule has 5 heteroatoms. The molecule has 1 aliphatic rings. The smallest absolute Gasteiger partial charge is 0.241 e. The highest BCUT2D eigenvalue weighted by Crippen LogP contribution is 2.37. The van der Waals surface area contributed by atoms with Crippen molar-refractivity contribution in [3.8, 4) is 0 Å². The van der Waals surface area contributed by atoms with Gasteiger partial charge in [0.15, 0.2) is 0 Å². The van der Waals surface area contributed by atoms with Gasteiger partial charge < -0.3 is 4.57 Å². The van der Waals surface area contributed by atoms with Crippen molar-refractivity contribution in [2.75, 3.05) is 4.90 Å². The number of benzene rings is 2. The molecule has 0 saturated carbocycles. The normalized spacial score (nSPS) is 17.9. The number of rotatable bonds is 2. The monoisotopic (exact) mass is 382 g/mol. The van der Waals surface area contributed by atoms with Crippen molar-refractivity contribution in [1.29, 1.82) is 0 Å². The zero-order valence-corrected chi connectivity index (χ0v) is 14.7. The maximum atomic E-state index is 12.9. The van der Waals surface area contributed by atoms with Crippen LogP contribution >= 0.6 is 15.9 Å². The second-order valence-electron chi connectivity index (χ2n) is 6.01. The van der Waals surface area contributed by atoms with Gasteiger partial charge in [-0.05, 0) is 35.9 Å². The molecule has 1 aromatic heterocycles. The van der Waals surface area contributed by atoms with Gasteiger partial charge in [-0.3, -0.25) is 14.5 Å². The highest BCUT2D eigenvalue weighted by molar-refractivity contribution is 9.10. The number of aryl methyl sites for hydroxylation is 1. The highest BCUT2D eigenvalue weighted by atomic mass is 79.9. The number of fused-ring (bicyclic) bond motifs is 1. The molecule has 1 fully saturated rings. The number of nitrogens with zero attached hydrogens (tertiary/aromatic N) is 2. The Morgan fingerprint density at radius 2 is 1.75 bits per heavy atom. The van der Waals surface area contributed by atoms with Crippen LogP contribution in [0.4, 0.5) is 5.69 Å². The number of hydrogen-bond donors (Lipinski definition) is 0. The zero-order valence-electron chi connectivity index (χ0n) is 13.1. The molecule has 3 aromatic rings. The standard InChI is InChI=1S/C19H15BrN2O2/c1-21-11-16(14-4-2-3-5-17(14)21)15-10-18(23)22(19(15)24)13-8-6-12(20)7-9-13/h2-9,11,15H,10H2,1H3/t15-/m1/s1. The Morgan fingerprint density at radius 3 is 2.50 bits per heavy atom. The molecular formula is C19H15BrN2O2. The molecule has 0 aliphatic carbocycles. The van der Waals surface area contributed by atoms with Crippen LogP contribution in [0.3, 0.4) is 0 Å². The van der Waals surface area contributed by atoms with E-state index in [9.17, 15) is 9.59 Å². The predicted octanol–water partition coefficient (Wildman–Crippen LogP) is 3.99. The molecule has 1 atom stereocenters. The van der Waals surface area contributed by atoms with Crippen molar-refractivity contribution >= 4 is 44.3 Å². The summed E-state index contributed by atoms with van der Waals surface area (Å²) in [6, 6.07) is 15.2. The quantitative estimate of drug-likeness (QED) is 0.628. The number of carbonyl (C=O) groups is 2. The third kappa shape index (κ3) is 2.27. The van der Waals surface area contributed by atoms with Gasteiger partial charge in [-0.1, -0.05) is 34.1 Å². The molecular weight excluding hydrogens is 368 g/mol. The van der Waals surface area contributed by atoms with Crippen molar-refractivity contribution in [1.82, 2.24) is 4.57 Å². The first-order valence-electron chi connectivity index (χ1n) is 7.72. The summed E-state index contributed by atoms with van der Waals surface area (Å²) in [7, 11) is 1.96. The lowest BCUT2D eigenvalue weighted by molar-refractivity contribution is -0.121. The van der Waals surface area contributed by atoms with Crippen LogP contribution in [0.15, 0.2) is 59.2 Å². The molecule has 2 aromatic carbocycles. The third-order valence-corrected chi connectivity index (χ3v) is 5.06. The maximum Gasteiger partial charge on any atom is 0.241 e. The summed E-state index contributed by atoms with van der Waals surface area (Å²) < 4.78 is 2.92. The predicted molar refractivity (Wildman–Crippen MR) is 96.9 cm³/mol. The lowest BCUT2D eigenvalue weighted by Crippen LogP contribution is -2.29. The number of halogens is 1. The number of imide groups is 1. The lowest BCUT2D eigenvalue weighted by atomic mass is 9.97. The molecule has 120 valence electrons. The molecule has 2 amide bonds. The number of anilines is 1. The van der Waals surface area contributed by atoms with E-state index in [1.807, 2.05) is 54.2 Å². The molecule has 4 nitrogen and oxygen atoms in total. The Morgan fingerprint density at radius 1 is 1.04 bits per heavy atom. The molecule has 0 unspecified atom stereocenters. The first kappa shape index (κ1) is 15.1. The van der Waals surface area contributed by atoms with Gasteiger partial charge in [-0.25, -0.2) is 0 Å². The maximum absolute atomic E-state index is 12.9. The highest BCUT2D eigenvalue weighted by Gasteiger charge is 2.41. The Hall–Kier alpha value is -2.40. The number of carbonyl (C=O) groups excluding carboxylic acids is 2. The lowest BCUT2D eigenvalue weighted by Gasteiger charge is -2.15. The Labute approximate surface area is 147 Å². The SMILES string of the molecule is Cn1cc([C@H]2CC(=O)N(c3ccc(Br)cc3)C2=O)c2ccccc21. The Bertz CT molecular complexity index is 959. The molecule has 2 heterocycles. The van der Waals surface area contributed by atoms with Crippen LogP contribution in [0.5, 0.6) is 0 Å². The molecule has 4 rings (SSSR count). The van der Waals surface area contributed by atoms with E-state index >= 15 is 0 Å². The molecule has 0 N–H and O–H groups in total. The fourth-order valence-corrected chi connectivity index (χ4v) is 3.65. The van der Waals surface area contributed by atoms with Crippen molar-refractivity contribution in [2.24, 2.45) is 7.05 Å². The van der Waals surface area contributed by atoms with E-state index in [1.165, 1.54) is 4.90 Å². The topological polar surface area (TPSA) is 42.3 Å². The summed E-state index contributed by atoms with van der Waals surface area (Å²) in [4.78, 5) is 26.7. The van der Waals surface area contributed by atoms with E-state index in [0.29, 0.717) is 5.69 Å². The summed E-state index contributed by atoms with van der Waals surface area (Å²) >= 11 is 3.37. The molecule has 1 aliphatic heterocycles. The number of aromatic nitrogens is 1. The number of para-hydroxylation sites is 1. The molecule has 0 spiro atoms. The van der Waals surface area contributed by atoms with Crippen molar-refractivity contribution in [3.05, 3.63) is 64.8 Å². The minimum Gasteiger partial charge on any atom is -0.350 e. The first-order chi connectivity index (χ1) is 11.6. The average molecular weight is 383 g/mol.